The van der Waals surface area contributed by atoms with E-state index in [1.807, 2.05) is 0 Å². The van der Waals surface area contributed by atoms with Crippen molar-refractivity contribution in [2.45, 2.75) is 26.2 Å². The lowest BCUT2D eigenvalue weighted by Gasteiger charge is -2.25. The number of hydrogen-bond donors (Lipinski definition) is 0. The Hall–Kier alpha value is -3.35. The number of fused-ring (bicyclic) bond motifs is 1. The van der Waals surface area contributed by atoms with Crippen LogP contribution in [0.1, 0.15) is 46.9 Å². The van der Waals surface area contributed by atoms with Crippen molar-refractivity contribution in [1.29, 1.82) is 0 Å². The summed E-state index contributed by atoms with van der Waals surface area (Å²) in [6.45, 7) is 1.62. The standard InChI is InChI=1S/C24H22FNO5/c1-14-2-11-19-20(12-14)23(29)26(22(19)28)18-9-5-16(6-10-18)24(30)31-13-21(27)15-3-7-17(25)8-4-15/h3-10,14,19-20H,2,11-13H2,1H3/t14-,19+,20-/m1/s1. The molecule has 0 spiro atoms. The van der Waals surface area contributed by atoms with Crippen LogP contribution in [0.2, 0.25) is 0 Å². The van der Waals surface area contributed by atoms with Gasteiger partial charge in [-0.15, -0.1) is 0 Å². The van der Waals surface area contributed by atoms with Crippen LogP contribution in [0.15, 0.2) is 48.5 Å². The summed E-state index contributed by atoms with van der Waals surface area (Å²) in [6.07, 6.45) is 2.38. The van der Waals surface area contributed by atoms with Gasteiger partial charge in [-0.25, -0.2) is 9.18 Å². The average molecular weight is 423 g/mol. The lowest BCUT2D eigenvalue weighted by atomic mass is 9.76. The van der Waals surface area contributed by atoms with Gasteiger partial charge in [0.05, 0.1) is 23.1 Å². The number of ether oxygens (including phenoxy) is 1. The fraction of sp³-hybridized carbons (Fsp3) is 0.333. The van der Waals surface area contributed by atoms with Gasteiger partial charge in [0.15, 0.2) is 12.4 Å². The molecule has 2 fully saturated rings. The predicted molar refractivity (Wildman–Crippen MR) is 110 cm³/mol. The molecule has 0 N–H and O–H groups in total. The quantitative estimate of drug-likeness (QED) is 0.415. The van der Waals surface area contributed by atoms with E-state index in [4.69, 9.17) is 4.74 Å². The molecule has 31 heavy (non-hydrogen) atoms. The highest BCUT2D eigenvalue weighted by Crippen LogP contribution is 2.42. The monoisotopic (exact) mass is 423 g/mol. The summed E-state index contributed by atoms with van der Waals surface area (Å²) in [6, 6.07) is 11.0. The van der Waals surface area contributed by atoms with E-state index in [-0.39, 0.29) is 34.8 Å². The molecule has 1 aliphatic carbocycles. The van der Waals surface area contributed by atoms with Crippen molar-refractivity contribution in [2.24, 2.45) is 17.8 Å². The number of benzene rings is 2. The number of halogens is 1. The highest BCUT2D eigenvalue weighted by Gasteiger charge is 2.49. The Kier molecular flexibility index (Phi) is 5.67. The number of rotatable bonds is 5. The molecule has 3 atom stereocenters. The summed E-state index contributed by atoms with van der Waals surface area (Å²) >= 11 is 0. The SMILES string of the molecule is C[C@@H]1CC[C@@H]2C(=O)N(c3ccc(C(=O)OCC(=O)c4ccc(F)cc4)cc3)C(=O)[C@@H]2C1. The smallest absolute Gasteiger partial charge is 0.338 e. The Labute approximate surface area is 179 Å². The molecule has 2 amide bonds. The minimum absolute atomic E-state index is 0.179. The van der Waals surface area contributed by atoms with Gasteiger partial charge in [-0.2, -0.15) is 0 Å². The lowest BCUT2D eigenvalue weighted by molar-refractivity contribution is -0.122. The second-order valence-electron chi connectivity index (χ2n) is 8.20. The van der Waals surface area contributed by atoms with Crippen LogP contribution in [0.25, 0.3) is 0 Å². The zero-order chi connectivity index (χ0) is 22.1. The fourth-order valence-electron chi connectivity index (χ4n) is 4.32. The number of anilines is 1. The third-order valence-corrected chi connectivity index (χ3v) is 6.05. The zero-order valence-electron chi connectivity index (χ0n) is 17.0. The second kappa shape index (κ2) is 8.41. The largest absolute Gasteiger partial charge is 0.454 e. The molecular weight excluding hydrogens is 401 g/mol. The first-order valence-corrected chi connectivity index (χ1v) is 10.3. The topological polar surface area (TPSA) is 80.8 Å². The van der Waals surface area contributed by atoms with Crippen LogP contribution in [-0.2, 0) is 14.3 Å². The van der Waals surface area contributed by atoms with E-state index in [1.165, 1.54) is 41.3 Å². The summed E-state index contributed by atoms with van der Waals surface area (Å²) in [5, 5.41) is 0. The average Bonchev–Trinajstić information content (AvgIpc) is 3.02. The van der Waals surface area contributed by atoms with Gasteiger partial charge >= 0.3 is 5.97 Å². The van der Waals surface area contributed by atoms with Crippen molar-refractivity contribution in [1.82, 2.24) is 0 Å². The van der Waals surface area contributed by atoms with Crippen molar-refractivity contribution in [3.8, 4) is 0 Å². The maximum Gasteiger partial charge on any atom is 0.338 e. The first kappa shape index (κ1) is 20.9. The number of amides is 2. The third kappa shape index (κ3) is 4.13. The van der Waals surface area contributed by atoms with E-state index in [0.29, 0.717) is 11.6 Å². The lowest BCUT2D eigenvalue weighted by Crippen LogP contribution is -2.30. The van der Waals surface area contributed by atoms with Gasteiger partial charge in [0.25, 0.3) is 0 Å². The third-order valence-electron chi connectivity index (χ3n) is 6.05. The van der Waals surface area contributed by atoms with Crippen molar-refractivity contribution in [3.05, 3.63) is 65.5 Å². The molecule has 160 valence electrons. The van der Waals surface area contributed by atoms with Gasteiger partial charge in [0.2, 0.25) is 11.8 Å². The molecule has 1 saturated heterocycles. The number of imide groups is 1. The van der Waals surface area contributed by atoms with Crippen LogP contribution < -0.4 is 4.90 Å². The van der Waals surface area contributed by atoms with Gasteiger partial charge in [-0.1, -0.05) is 6.92 Å². The molecule has 0 bridgehead atoms. The van der Waals surface area contributed by atoms with E-state index in [9.17, 15) is 23.6 Å². The summed E-state index contributed by atoms with van der Waals surface area (Å²) in [7, 11) is 0. The molecule has 2 aromatic rings. The van der Waals surface area contributed by atoms with Crippen LogP contribution in [0.5, 0.6) is 0 Å². The molecule has 6 nitrogen and oxygen atoms in total. The molecule has 4 rings (SSSR count). The Balaban J connectivity index is 1.40. The van der Waals surface area contributed by atoms with Gasteiger partial charge in [0.1, 0.15) is 5.82 Å². The van der Waals surface area contributed by atoms with Gasteiger partial charge in [0, 0.05) is 5.56 Å². The van der Waals surface area contributed by atoms with E-state index >= 15 is 0 Å². The Morgan fingerprint density at radius 2 is 1.55 bits per heavy atom. The maximum absolute atomic E-state index is 12.9. The maximum atomic E-state index is 12.9. The summed E-state index contributed by atoms with van der Waals surface area (Å²) in [4.78, 5) is 51.1. The molecule has 1 aliphatic heterocycles. The number of ketones is 1. The number of carbonyl (C=O) groups excluding carboxylic acids is 4. The number of nitrogens with zero attached hydrogens (tertiary/aromatic N) is 1. The second-order valence-corrected chi connectivity index (χ2v) is 8.20. The Bertz CT molecular complexity index is 1030. The first-order valence-electron chi connectivity index (χ1n) is 10.3. The highest BCUT2D eigenvalue weighted by atomic mass is 19.1. The molecule has 1 saturated carbocycles. The highest BCUT2D eigenvalue weighted by molar-refractivity contribution is 6.22. The van der Waals surface area contributed by atoms with Gasteiger partial charge in [-0.05, 0) is 73.7 Å². The van der Waals surface area contributed by atoms with Crippen molar-refractivity contribution in [2.75, 3.05) is 11.5 Å². The Morgan fingerprint density at radius 3 is 2.23 bits per heavy atom. The first-order chi connectivity index (χ1) is 14.8. The molecular formula is C24H22FNO5. The Morgan fingerprint density at radius 1 is 0.935 bits per heavy atom. The summed E-state index contributed by atoms with van der Waals surface area (Å²) in [5.74, 6) is -2.07. The summed E-state index contributed by atoms with van der Waals surface area (Å²) < 4.78 is 18.0. The molecule has 7 heteroatoms. The molecule has 2 aliphatic rings. The van der Waals surface area contributed by atoms with Crippen LogP contribution >= 0.6 is 0 Å². The van der Waals surface area contributed by atoms with E-state index < -0.39 is 24.2 Å². The number of esters is 1. The molecule has 0 unspecified atom stereocenters. The van der Waals surface area contributed by atoms with Crippen LogP contribution in [0.3, 0.4) is 0 Å². The minimum Gasteiger partial charge on any atom is -0.454 e. The number of hydrogen-bond acceptors (Lipinski definition) is 5. The van der Waals surface area contributed by atoms with Gasteiger partial charge < -0.3 is 4.74 Å². The normalized spacial score (nSPS) is 22.9. The molecule has 0 aromatic heterocycles. The fourth-order valence-corrected chi connectivity index (χ4v) is 4.32. The number of carbonyl (C=O) groups is 4. The van der Waals surface area contributed by atoms with E-state index in [0.717, 1.165) is 31.4 Å². The van der Waals surface area contributed by atoms with Crippen molar-refractivity contribution in [3.63, 3.8) is 0 Å². The van der Waals surface area contributed by atoms with Crippen molar-refractivity contribution >= 4 is 29.3 Å². The molecule has 1 heterocycles. The van der Waals surface area contributed by atoms with Crippen LogP contribution in [0.4, 0.5) is 10.1 Å². The number of Topliss-reactive ketones (excluding diaryl/α,β-unsaturated/α-hetero) is 1. The van der Waals surface area contributed by atoms with E-state index in [2.05, 4.69) is 6.92 Å². The van der Waals surface area contributed by atoms with E-state index in [1.54, 1.807) is 0 Å². The molecule has 2 aromatic carbocycles. The van der Waals surface area contributed by atoms with Crippen molar-refractivity contribution < 1.29 is 28.3 Å². The minimum atomic E-state index is -0.705. The van der Waals surface area contributed by atoms with Gasteiger partial charge in [-0.3, -0.25) is 19.3 Å². The summed E-state index contributed by atoms with van der Waals surface area (Å²) in [5.41, 5.74) is 0.864. The van der Waals surface area contributed by atoms with Crippen LogP contribution in [-0.4, -0.2) is 30.2 Å². The predicted octanol–water partition coefficient (Wildman–Crippen LogP) is 3.79. The molecule has 0 radical (unpaired) electrons. The zero-order valence-corrected chi connectivity index (χ0v) is 17.0. The van der Waals surface area contributed by atoms with Crippen LogP contribution in [0, 0.1) is 23.6 Å².